The van der Waals surface area contributed by atoms with E-state index in [4.69, 9.17) is 4.74 Å². The number of rotatable bonds is 3. The molecule has 1 aromatic carbocycles. The Morgan fingerprint density at radius 3 is 2.86 bits per heavy atom. The van der Waals surface area contributed by atoms with Crippen LogP contribution in [-0.4, -0.2) is 16.2 Å². The van der Waals surface area contributed by atoms with E-state index in [1.807, 2.05) is 0 Å². The van der Waals surface area contributed by atoms with Crippen molar-refractivity contribution in [2.45, 2.75) is 0 Å². The van der Waals surface area contributed by atoms with Crippen molar-refractivity contribution in [1.29, 1.82) is 0 Å². The van der Waals surface area contributed by atoms with Gasteiger partial charge in [0.2, 0.25) is 0 Å². The van der Waals surface area contributed by atoms with Crippen LogP contribution in [0.5, 0.6) is 5.75 Å². The minimum atomic E-state index is -0.550. The third kappa shape index (κ3) is 2.81. The molecule has 1 rings (SSSR count). The second kappa shape index (κ2) is 4.71. The summed E-state index contributed by atoms with van der Waals surface area (Å²) in [5, 5.41) is 10.4. The van der Waals surface area contributed by atoms with Gasteiger partial charge in [-0.3, -0.25) is 14.9 Å². The van der Waals surface area contributed by atoms with Gasteiger partial charge in [-0.15, -0.1) is 0 Å². The van der Waals surface area contributed by atoms with Gasteiger partial charge in [0.15, 0.2) is 0 Å². The summed E-state index contributed by atoms with van der Waals surface area (Å²) in [7, 11) is 0. The van der Waals surface area contributed by atoms with Crippen LogP contribution in [0.3, 0.4) is 0 Å². The van der Waals surface area contributed by atoms with Crippen LogP contribution in [0.25, 0.3) is 0 Å². The minimum Gasteiger partial charge on any atom is -0.426 e. The highest BCUT2D eigenvalue weighted by atomic mass is 79.9. The predicted octanol–water partition coefficient (Wildman–Crippen LogP) is 1.90. The molecule has 1 aromatic rings. The van der Waals surface area contributed by atoms with E-state index >= 15 is 0 Å². The Balaban J connectivity index is 2.83. The van der Waals surface area contributed by atoms with Crippen LogP contribution in [0, 0.1) is 10.1 Å². The molecule has 6 heteroatoms. The van der Waals surface area contributed by atoms with Gasteiger partial charge in [0, 0.05) is 6.07 Å². The highest BCUT2D eigenvalue weighted by Crippen LogP contribution is 2.19. The molecule has 0 aliphatic rings. The third-order valence-corrected chi connectivity index (χ3v) is 1.83. The Morgan fingerprint density at radius 2 is 2.29 bits per heavy atom. The largest absolute Gasteiger partial charge is 0.426 e. The first-order valence-electron chi connectivity index (χ1n) is 3.64. The topological polar surface area (TPSA) is 69.4 Å². The summed E-state index contributed by atoms with van der Waals surface area (Å²) in [5.41, 5.74) is -0.107. The van der Waals surface area contributed by atoms with Gasteiger partial charge < -0.3 is 4.74 Å². The number of carbonyl (C=O) groups is 1. The maximum absolute atomic E-state index is 10.8. The first-order chi connectivity index (χ1) is 6.63. The molecule has 0 aliphatic heterocycles. The summed E-state index contributed by atoms with van der Waals surface area (Å²) in [6.45, 7) is 0. The molecule has 0 saturated carbocycles. The molecule has 0 saturated heterocycles. The van der Waals surface area contributed by atoms with Gasteiger partial charge in [-0.05, 0) is 6.07 Å². The highest BCUT2D eigenvalue weighted by molar-refractivity contribution is 9.09. The number of nitro benzene ring substituents is 1. The summed E-state index contributed by atoms with van der Waals surface area (Å²) in [6.07, 6.45) is 0. The Labute approximate surface area is 88.0 Å². The first-order valence-corrected chi connectivity index (χ1v) is 4.76. The molecule has 0 atom stereocenters. The normalized spacial score (nSPS) is 9.50. The van der Waals surface area contributed by atoms with Crippen molar-refractivity contribution in [2.24, 2.45) is 0 Å². The number of alkyl halides is 1. The summed E-state index contributed by atoms with van der Waals surface area (Å²) >= 11 is 2.91. The number of carbonyl (C=O) groups excluding carboxylic acids is 1. The van der Waals surface area contributed by atoms with E-state index in [2.05, 4.69) is 15.9 Å². The van der Waals surface area contributed by atoms with E-state index in [1.54, 1.807) is 0 Å². The number of ether oxygens (including phenoxy) is 1. The summed E-state index contributed by atoms with van der Waals surface area (Å²) in [5.74, 6) is -0.325. The third-order valence-electron chi connectivity index (χ3n) is 1.37. The average molecular weight is 260 g/mol. The number of esters is 1. The van der Waals surface area contributed by atoms with Gasteiger partial charge >= 0.3 is 5.97 Å². The zero-order valence-electron chi connectivity index (χ0n) is 6.97. The Hall–Kier alpha value is -1.43. The van der Waals surface area contributed by atoms with Crippen molar-refractivity contribution in [3.63, 3.8) is 0 Å². The van der Waals surface area contributed by atoms with Crippen LogP contribution in [-0.2, 0) is 4.79 Å². The molecule has 0 heterocycles. The van der Waals surface area contributed by atoms with Crippen LogP contribution < -0.4 is 4.74 Å². The number of nitro groups is 1. The lowest BCUT2D eigenvalue weighted by atomic mass is 10.3. The van der Waals surface area contributed by atoms with Crippen LogP contribution in [0.2, 0.25) is 0 Å². The molecule has 0 fully saturated rings. The predicted molar refractivity (Wildman–Crippen MR) is 52.5 cm³/mol. The van der Waals surface area contributed by atoms with Crippen molar-refractivity contribution in [1.82, 2.24) is 0 Å². The van der Waals surface area contributed by atoms with Crippen LogP contribution in [0.1, 0.15) is 0 Å². The van der Waals surface area contributed by atoms with Gasteiger partial charge in [-0.2, -0.15) is 0 Å². The molecule has 0 bridgehead atoms. The highest BCUT2D eigenvalue weighted by Gasteiger charge is 2.08. The van der Waals surface area contributed by atoms with E-state index in [0.717, 1.165) is 0 Å². The lowest BCUT2D eigenvalue weighted by Crippen LogP contribution is -2.08. The molecule has 0 radical (unpaired) electrons. The maximum atomic E-state index is 10.8. The van der Waals surface area contributed by atoms with Crippen LogP contribution in [0.4, 0.5) is 5.69 Å². The van der Waals surface area contributed by atoms with E-state index in [-0.39, 0.29) is 16.8 Å². The van der Waals surface area contributed by atoms with Crippen molar-refractivity contribution in [3.05, 3.63) is 34.4 Å². The van der Waals surface area contributed by atoms with Gasteiger partial charge in [-0.1, -0.05) is 22.0 Å². The maximum Gasteiger partial charge on any atom is 0.321 e. The fourth-order valence-corrected chi connectivity index (χ4v) is 0.934. The number of non-ortho nitro benzene ring substituents is 1. The zero-order valence-corrected chi connectivity index (χ0v) is 8.56. The zero-order chi connectivity index (χ0) is 10.6. The van der Waals surface area contributed by atoms with Crippen molar-refractivity contribution in [2.75, 3.05) is 5.33 Å². The second-order valence-corrected chi connectivity index (χ2v) is 2.92. The van der Waals surface area contributed by atoms with Crippen LogP contribution >= 0.6 is 15.9 Å². The standard InChI is InChI=1S/C8H6BrNO4/c9-5-8(11)14-7-3-1-2-6(4-7)10(12)13/h1-4H,5H2. The quantitative estimate of drug-likeness (QED) is 0.273. The summed E-state index contributed by atoms with van der Waals surface area (Å²) < 4.78 is 4.76. The summed E-state index contributed by atoms with van der Waals surface area (Å²) in [4.78, 5) is 20.6. The smallest absolute Gasteiger partial charge is 0.321 e. The van der Waals surface area contributed by atoms with Gasteiger partial charge in [0.1, 0.15) is 11.1 Å². The van der Waals surface area contributed by atoms with Crippen LogP contribution in [0.15, 0.2) is 24.3 Å². The second-order valence-electron chi connectivity index (χ2n) is 2.36. The van der Waals surface area contributed by atoms with Crippen molar-refractivity contribution >= 4 is 27.6 Å². The van der Waals surface area contributed by atoms with Gasteiger partial charge in [-0.25, -0.2) is 0 Å². The molecule has 0 amide bonds. The number of benzene rings is 1. The molecule has 5 nitrogen and oxygen atoms in total. The summed E-state index contributed by atoms with van der Waals surface area (Å²) in [6, 6.07) is 5.45. The molecule has 0 aliphatic carbocycles. The lowest BCUT2D eigenvalue weighted by molar-refractivity contribution is -0.384. The van der Waals surface area contributed by atoms with E-state index in [0.29, 0.717) is 0 Å². The molecule has 14 heavy (non-hydrogen) atoms. The SMILES string of the molecule is O=C(CBr)Oc1cccc([N+](=O)[O-])c1. The molecule has 0 N–H and O–H groups in total. The number of nitrogens with zero attached hydrogens (tertiary/aromatic N) is 1. The van der Waals surface area contributed by atoms with Crippen molar-refractivity contribution < 1.29 is 14.5 Å². The van der Waals surface area contributed by atoms with E-state index < -0.39 is 10.9 Å². The van der Waals surface area contributed by atoms with E-state index in [1.165, 1.54) is 24.3 Å². The monoisotopic (exact) mass is 259 g/mol. The molecule has 0 aromatic heterocycles. The van der Waals surface area contributed by atoms with Gasteiger partial charge in [0.05, 0.1) is 11.0 Å². The Kier molecular flexibility index (Phi) is 3.58. The Bertz CT molecular complexity index is 366. The molecule has 74 valence electrons. The van der Waals surface area contributed by atoms with E-state index in [9.17, 15) is 14.9 Å². The number of hydrogen-bond acceptors (Lipinski definition) is 4. The van der Waals surface area contributed by atoms with Crippen molar-refractivity contribution in [3.8, 4) is 5.75 Å². The minimum absolute atomic E-state index is 0.0513. The molecular formula is C8H6BrNO4. The van der Waals surface area contributed by atoms with Gasteiger partial charge in [0.25, 0.3) is 5.69 Å². The number of halogens is 1. The lowest BCUT2D eigenvalue weighted by Gasteiger charge is -2.00. The Morgan fingerprint density at radius 1 is 1.57 bits per heavy atom. The fourth-order valence-electron chi connectivity index (χ4n) is 0.819. The fraction of sp³-hybridized carbons (Fsp3) is 0.125. The molecule has 0 unspecified atom stereocenters. The molecular weight excluding hydrogens is 254 g/mol. The number of hydrogen-bond donors (Lipinski definition) is 0. The molecule has 0 spiro atoms. The average Bonchev–Trinajstić information content (AvgIpc) is 2.18. The first kappa shape index (κ1) is 10.6.